The normalized spacial score (nSPS) is 11.2. The van der Waals surface area contributed by atoms with E-state index in [1.165, 1.54) is 30.5 Å². The number of aromatic nitrogens is 2. The summed E-state index contributed by atoms with van der Waals surface area (Å²) < 4.78 is 30.0. The molecule has 1 heterocycles. The summed E-state index contributed by atoms with van der Waals surface area (Å²) in [6.45, 7) is 0. The van der Waals surface area contributed by atoms with Crippen LogP contribution in [0, 0.1) is 0 Å². The van der Waals surface area contributed by atoms with Gasteiger partial charge >= 0.3 is 0 Å². The number of hydrogen-bond donors (Lipinski definition) is 1. The van der Waals surface area contributed by atoms with E-state index in [0.717, 1.165) is 18.0 Å². The molecule has 1 N–H and O–H groups in total. The molecule has 0 saturated carbocycles. The molecule has 2 rings (SSSR count). The molecule has 2 aromatic rings. The quantitative estimate of drug-likeness (QED) is 0.914. The van der Waals surface area contributed by atoms with Gasteiger partial charge in [-0.3, -0.25) is 4.79 Å². The zero-order chi connectivity index (χ0) is 13.2. The lowest BCUT2D eigenvalue weighted by atomic mass is 10.3. The van der Waals surface area contributed by atoms with Crippen molar-refractivity contribution in [3.05, 3.63) is 36.2 Å². The summed E-state index contributed by atoms with van der Waals surface area (Å²) in [6.07, 6.45) is 2.49. The maximum absolute atomic E-state index is 11.6. The highest BCUT2D eigenvalue weighted by Crippen LogP contribution is 2.14. The first-order chi connectivity index (χ1) is 8.47. The number of carbonyl (C=O) groups is 1. The van der Waals surface area contributed by atoms with Gasteiger partial charge in [0.25, 0.3) is 5.91 Å². The monoisotopic (exact) mass is 283 g/mol. The Hall–Kier alpha value is -1.80. The van der Waals surface area contributed by atoms with E-state index in [1.807, 2.05) is 0 Å². The Morgan fingerprint density at radius 3 is 2.44 bits per heavy atom. The second-order valence-electron chi connectivity index (χ2n) is 3.54. The van der Waals surface area contributed by atoms with Crippen molar-refractivity contribution in [1.29, 1.82) is 0 Å². The van der Waals surface area contributed by atoms with Crippen LogP contribution in [0.25, 0.3) is 0 Å². The Labute approximate surface area is 108 Å². The van der Waals surface area contributed by atoms with Gasteiger partial charge in [-0.15, -0.1) is 0 Å². The highest BCUT2D eigenvalue weighted by molar-refractivity contribution is 7.90. The molecule has 0 bridgehead atoms. The summed E-state index contributed by atoms with van der Waals surface area (Å²) in [6, 6.07) is 5.91. The molecule has 94 valence electrons. The van der Waals surface area contributed by atoms with Gasteiger partial charge < -0.3 is 5.32 Å². The molecule has 8 heteroatoms. The van der Waals surface area contributed by atoms with Gasteiger partial charge in [-0.2, -0.15) is 8.75 Å². The van der Waals surface area contributed by atoms with E-state index < -0.39 is 9.84 Å². The molecule has 0 atom stereocenters. The van der Waals surface area contributed by atoms with Gasteiger partial charge in [-0.25, -0.2) is 8.42 Å². The fourth-order valence-electron chi connectivity index (χ4n) is 1.25. The molecule has 0 saturated heterocycles. The number of nitrogens with zero attached hydrogens (tertiary/aromatic N) is 2. The fourth-order valence-corrected chi connectivity index (χ4v) is 2.29. The lowest BCUT2D eigenvalue weighted by molar-refractivity contribution is 0.102. The maximum Gasteiger partial charge on any atom is 0.277 e. The Morgan fingerprint density at radius 2 is 1.94 bits per heavy atom. The number of nitrogens with one attached hydrogen (secondary N) is 1. The molecular formula is C10H9N3O3S2. The Bertz CT molecular complexity index is 648. The summed E-state index contributed by atoms with van der Waals surface area (Å²) >= 11 is 0.944. The summed E-state index contributed by atoms with van der Waals surface area (Å²) in [5.74, 6) is -0.379. The molecule has 1 aromatic heterocycles. The Morgan fingerprint density at radius 1 is 1.28 bits per heavy atom. The third kappa shape index (κ3) is 2.90. The third-order valence-corrected chi connectivity index (χ3v) is 3.74. The van der Waals surface area contributed by atoms with Crippen molar-refractivity contribution in [2.24, 2.45) is 0 Å². The first kappa shape index (κ1) is 12.7. The predicted molar refractivity (Wildman–Crippen MR) is 67.4 cm³/mol. The van der Waals surface area contributed by atoms with Crippen LogP contribution < -0.4 is 5.32 Å². The van der Waals surface area contributed by atoms with Crippen molar-refractivity contribution >= 4 is 33.2 Å². The molecule has 1 aromatic carbocycles. The van der Waals surface area contributed by atoms with Crippen LogP contribution in [-0.4, -0.2) is 29.3 Å². The minimum absolute atomic E-state index is 0.204. The fraction of sp³-hybridized carbons (Fsp3) is 0.100. The van der Waals surface area contributed by atoms with Crippen molar-refractivity contribution in [3.8, 4) is 0 Å². The first-order valence-corrected chi connectivity index (χ1v) is 7.48. The highest BCUT2D eigenvalue weighted by Gasteiger charge is 2.10. The van der Waals surface area contributed by atoms with Crippen LogP contribution in [0.3, 0.4) is 0 Å². The molecular weight excluding hydrogens is 274 g/mol. The number of carbonyl (C=O) groups excluding carboxylic acids is 1. The van der Waals surface area contributed by atoms with Crippen molar-refractivity contribution in [2.75, 3.05) is 11.6 Å². The predicted octanol–water partition coefficient (Wildman–Crippen LogP) is 1.19. The molecule has 0 aliphatic heterocycles. The van der Waals surface area contributed by atoms with E-state index in [-0.39, 0.29) is 16.5 Å². The SMILES string of the molecule is CS(=O)(=O)c1ccc(NC(=O)c2cnsn2)cc1. The molecule has 6 nitrogen and oxygen atoms in total. The van der Waals surface area contributed by atoms with E-state index in [4.69, 9.17) is 0 Å². The maximum atomic E-state index is 11.6. The van der Waals surface area contributed by atoms with Gasteiger partial charge in [-0.05, 0) is 24.3 Å². The number of hydrogen-bond acceptors (Lipinski definition) is 6. The van der Waals surface area contributed by atoms with Gasteiger partial charge in [0.2, 0.25) is 0 Å². The third-order valence-electron chi connectivity index (χ3n) is 2.13. The molecule has 0 spiro atoms. The van der Waals surface area contributed by atoms with Crippen LogP contribution in [0.4, 0.5) is 5.69 Å². The molecule has 18 heavy (non-hydrogen) atoms. The van der Waals surface area contributed by atoms with Crippen LogP contribution in [0.1, 0.15) is 10.5 Å². The van der Waals surface area contributed by atoms with Gasteiger partial charge in [-0.1, -0.05) is 0 Å². The van der Waals surface area contributed by atoms with Crippen molar-refractivity contribution in [3.63, 3.8) is 0 Å². The van der Waals surface area contributed by atoms with Crippen LogP contribution in [-0.2, 0) is 9.84 Å². The summed E-state index contributed by atoms with van der Waals surface area (Å²) in [5.41, 5.74) is 0.729. The van der Waals surface area contributed by atoms with Crippen molar-refractivity contribution in [1.82, 2.24) is 8.75 Å². The van der Waals surface area contributed by atoms with Crippen LogP contribution in [0.5, 0.6) is 0 Å². The number of rotatable bonds is 3. The number of anilines is 1. The smallest absolute Gasteiger partial charge is 0.277 e. The van der Waals surface area contributed by atoms with Crippen LogP contribution in [0.15, 0.2) is 35.4 Å². The first-order valence-electron chi connectivity index (χ1n) is 4.86. The summed E-state index contributed by atoms with van der Waals surface area (Å²) in [5, 5.41) is 2.59. The molecule has 0 aliphatic carbocycles. The number of sulfone groups is 1. The largest absolute Gasteiger partial charge is 0.321 e. The molecule has 0 radical (unpaired) electrons. The zero-order valence-electron chi connectivity index (χ0n) is 9.32. The topological polar surface area (TPSA) is 89.0 Å². The molecule has 1 amide bonds. The average molecular weight is 283 g/mol. The summed E-state index contributed by atoms with van der Waals surface area (Å²) in [7, 11) is -3.22. The van der Waals surface area contributed by atoms with Crippen molar-refractivity contribution < 1.29 is 13.2 Å². The van der Waals surface area contributed by atoms with Gasteiger partial charge in [0, 0.05) is 11.9 Å². The van der Waals surface area contributed by atoms with Crippen molar-refractivity contribution in [2.45, 2.75) is 4.90 Å². The highest BCUT2D eigenvalue weighted by atomic mass is 32.2. The van der Waals surface area contributed by atoms with Gasteiger partial charge in [0.15, 0.2) is 15.5 Å². The minimum Gasteiger partial charge on any atom is -0.321 e. The average Bonchev–Trinajstić information content (AvgIpc) is 2.82. The second kappa shape index (κ2) is 4.83. The van der Waals surface area contributed by atoms with E-state index in [9.17, 15) is 13.2 Å². The minimum atomic E-state index is -3.22. The summed E-state index contributed by atoms with van der Waals surface area (Å²) in [4.78, 5) is 11.8. The Balaban J connectivity index is 2.14. The second-order valence-corrected chi connectivity index (χ2v) is 6.12. The van der Waals surface area contributed by atoms with E-state index in [2.05, 4.69) is 14.1 Å². The van der Waals surface area contributed by atoms with E-state index in [0.29, 0.717) is 5.69 Å². The van der Waals surface area contributed by atoms with E-state index >= 15 is 0 Å². The zero-order valence-corrected chi connectivity index (χ0v) is 11.0. The molecule has 0 fully saturated rings. The molecule has 0 aliphatic rings. The standard InChI is InChI=1S/C10H9N3O3S2/c1-18(15,16)8-4-2-7(3-5-8)12-10(14)9-6-11-17-13-9/h2-6H,1H3,(H,12,14). The van der Waals surface area contributed by atoms with E-state index in [1.54, 1.807) is 0 Å². The lowest BCUT2D eigenvalue weighted by Gasteiger charge is -2.03. The molecule has 0 unspecified atom stereocenters. The van der Waals surface area contributed by atoms with Crippen LogP contribution >= 0.6 is 11.7 Å². The van der Waals surface area contributed by atoms with Gasteiger partial charge in [0.1, 0.15) is 0 Å². The van der Waals surface area contributed by atoms with Crippen LogP contribution in [0.2, 0.25) is 0 Å². The number of amides is 1. The number of benzene rings is 1. The Kier molecular flexibility index (Phi) is 3.39. The lowest BCUT2D eigenvalue weighted by Crippen LogP contribution is -2.12. The van der Waals surface area contributed by atoms with Gasteiger partial charge in [0.05, 0.1) is 22.8 Å².